The predicted molar refractivity (Wildman–Crippen MR) is 99.2 cm³/mol. The fourth-order valence-electron chi connectivity index (χ4n) is 2.49. The molecule has 0 aliphatic rings. The van der Waals surface area contributed by atoms with Gasteiger partial charge in [-0.25, -0.2) is 4.98 Å². The molecule has 0 fully saturated rings. The SMILES string of the molecule is O=C(Nc1nc2c(ccc3ccccc32)s1)c1ccc(Br)cc1. The lowest BCUT2D eigenvalue weighted by Gasteiger charge is -2.01. The molecule has 1 N–H and O–H groups in total. The van der Waals surface area contributed by atoms with Crippen molar-refractivity contribution in [1.82, 2.24) is 4.98 Å². The van der Waals surface area contributed by atoms with Crippen molar-refractivity contribution >= 4 is 59.3 Å². The van der Waals surface area contributed by atoms with Crippen LogP contribution in [0.3, 0.4) is 0 Å². The van der Waals surface area contributed by atoms with E-state index in [4.69, 9.17) is 0 Å². The molecule has 0 saturated heterocycles. The average Bonchev–Trinajstić information content (AvgIpc) is 2.98. The van der Waals surface area contributed by atoms with Gasteiger partial charge in [0.15, 0.2) is 5.13 Å². The molecule has 5 heteroatoms. The standard InChI is InChI=1S/C18H11BrN2OS/c19-13-8-5-12(6-9-13)17(22)21-18-20-16-14-4-2-1-3-11(14)7-10-15(16)23-18/h1-10H,(H,20,21,22). The topological polar surface area (TPSA) is 42.0 Å². The summed E-state index contributed by atoms with van der Waals surface area (Å²) >= 11 is 4.85. The van der Waals surface area contributed by atoms with Crippen LogP contribution in [0.4, 0.5) is 5.13 Å². The van der Waals surface area contributed by atoms with Crippen LogP contribution in [0.5, 0.6) is 0 Å². The summed E-state index contributed by atoms with van der Waals surface area (Å²) in [4.78, 5) is 16.9. The molecular weight excluding hydrogens is 372 g/mol. The monoisotopic (exact) mass is 382 g/mol. The van der Waals surface area contributed by atoms with Crippen molar-refractivity contribution in [2.45, 2.75) is 0 Å². The molecule has 0 radical (unpaired) electrons. The smallest absolute Gasteiger partial charge is 0.257 e. The number of anilines is 1. The third kappa shape index (κ3) is 2.73. The van der Waals surface area contributed by atoms with Crippen LogP contribution in [0.2, 0.25) is 0 Å². The minimum atomic E-state index is -0.152. The molecule has 4 aromatic rings. The zero-order chi connectivity index (χ0) is 15.8. The summed E-state index contributed by atoms with van der Waals surface area (Å²) in [5, 5.41) is 5.75. The largest absolute Gasteiger partial charge is 0.298 e. The lowest BCUT2D eigenvalue weighted by molar-refractivity contribution is 0.102. The number of carbonyl (C=O) groups excluding carboxylic acids is 1. The second-order valence-corrected chi connectivity index (χ2v) is 7.06. The van der Waals surface area contributed by atoms with Gasteiger partial charge in [-0.2, -0.15) is 0 Å². The Labute approximate surface area is 145 Å². The maximum Gasteiger partial charge on any atom is 0.257 e. The Hall–Kier alpha value is -2.24. The van der Waals surface area contributed by atoms with Gasteiger partial charge in [0.25, 0.3) is 5.91 Å². The van der Waals surface area contributed by atoms with Gasteiger partial charge >= 0.3 is 0 Å². The number of aromatic nitrogens is 1. The number of fused-ring (bicyclic) bond motifs is 3. The highest BCUT2D eigenvalue weighted by atomic mass is 79.9. The van der Waals surface area contributed by atoms with E-state index >= 15 is 0 Å². The Morgan fingerprint density at radius 2 is 1.78 bits per heavy atom. The first-order valence-corrected chi connectivity index (χ1v) is 8.67. The number of rotatable bonds is 2. The van der Waals surface area contributed by atoms with Gasteiger partial charge in [-0.1, -0.05) is 57.6 Å². The number of amides is 1. The number of hydrogen-bond acceptors (Lipinski definition) is 3. The molecule has 23 heavy (non-hydrogen) atoms. The lowest BCUT2D eigenvalue weighted by Crippen LogP contribution is -2.11. The van der Waals surface area contributed by atoms with Crippen molar-refractivity contribution in [2.24, 2.45) is 0 Å². The van der Waals surface area contributed by atoms with Gasteiger partial charge < -0.3 is 0 Å². The average molecular weight is 383 g/mol. The van der Waals surface area contributed by atoms with E-state index in [9.17, 15) is 4.79 Å². The maximum absolute atomic E-state index is 12.3. The van der Waals surface area contributed by atoms with E-state index in [-0.39, 0.29) is 5.91 Å². The molecule has 1 amide bonds. The lowest BCUT2D eigenvalue weighted by atomic mass is 10.1. The molecule has 0 aliphatic carbocycles. The Kier molecular flexibility index (Phi) is 3.59. The summed E-state index contributed by atoms with van der Waals surface area (Å²) in [5.41, 5.74) is 1.54. The Morgan fingerprint density at radius 1 is 1.00 bits per heavy atom. The Morgan fingerprint density at radius 3 is 2.61 bits per heavy atom. The van der Waals surface area contributed by atoms with Crippen LogP contribution in [0.25, 0.3) is 21.0 Å². The van der Waals surface area contributed by atoms with Crippen LogP contribution >= 0.6 is 27.3 Å². The number of benzene rings is 3. The van der Waals surface area contributed by atoms with Gasteiger partial charge in [-0.15, -0.1) is 0 Å². The second-order valence-electron chi connectivity index (χ2n) is 5.11. The molecule has 1 heterocycles. The molecule has 0 spiro atoms. The van der Waals surface area contributed by atoms with Crippen molar-refractivity contribution in [1.29, 1.82) is 0 Å². The zero-order valence-electron chi connectivity index (χ0n) is 11.9. The van der Waals surface area contributed by atoms with E-state index in [0.717, 1.165) is 25.5 Å². The maximum atomic E-state index is 12.3. The minimum absolute atomic E-state index is 0.152. The molecule has 0 saturated carbocycles. The highest BCUT2D eigenvalue weighted by Crippen LogP contribution is 2.31. The first kappa shape index (κ1) is 14.4. The van der Waals surface area contributed by atoms with Gasteiger partial charge in [-0.3, -0.25) is 10.1 Å². The number of halogens is 1. The molecule has 1 aromatic heterocycles. The first-order valence-electron chi connectivity index (χ1n) is 7.06. The molecular formula is C18H11BrN2OS. The van der Waals surface area contributed by atoms with E-state index in [1.165, 1.54) is 11.3 Å². The van der Waals surface area contributed by atoms with E-state index in [2.05, 4.69) is 44.4 Å². The number of hydrogen-bond donors (Lipinski definition) is 1. The van der Waals surface area contributed by atoms with Crippen molar-refractivity contribution in [3.63, 3.8) is 0 Å². The van der Waals surface area contributed by atoms with Crippen LogP contribution in [0, 0.1) is 0 Å². The quantitative estimate of drug-likeness (QED) is 0.499. The van der Waals surface area contributed by atoms with E-state index in [1.54, 1.807) is 12.1 Å². The van der Waals surface area contributed by atoms with Crippen LogP contribution in [0.1, 0.15) is 10.4 Å². The molecule has 3 nitrogen and oxygen atoms in total. The summed E-state index contributed by atoms with van der Waals surface area (Å²) in [6, 6.07) is 19.5. The van der Waals surface area contributed by atoms with E-state index < -0.39 is 0 Å². The van der Waals surface area contributed by atoms with Gasteiger partial charge in [0.2, 0.25) is 0 Å². The fraction of sp³-hybridized carbons (Fsp3) is 0. The summed E-state index contributed by atoms with van der Waals surface area (Å²) in [6.07, 6.45) is 0. The zero-order valence-corrected chi connectivity index (χ0v) is 14.3. The minimum Gasteiger partial charge on any atom is -0.298 e. The van der Waals surface area contributed by atoms with Gasteiger partial charge in [0, 0.05) is 15.4 Å². The van der Waals surface area contributed by atoms with Crippen molar-refractivity contribution < 1.29 is 4.79 Å². The van der Waals surface area contributed by atoms with Crippen LogP contribution in [-0.4, -0.2) is 10.9 Å². The molecule has 112 valence electrons. The Bertz CT molecular complexity index is 1020. The van der Waals surface area contributed by atoms with Crippen molar-refractivity contribution in [2.75, 3.05) is 5.32 Å². The molecule has 0 bridgehead atoms. The van der Waals surface area contributed by atoms with Gasteiger partial charge in [-0.05, 0) is 35.7 Å². The number of thiazole rings is 1. The van der Waals surface area contributed by atoms with E-state index in [0.29, 0.717) is 10.7 Å². The fourth-order valence-corrected chi connectivity index (χ4v) is 3.63. The number of nitrogens with one attached hydrogen (secondary N) is 1. The summed E-state index contributed by atoms with van der Waals surface area (Å²) in [5.74, 6) is -0.152. The van der Waals surface area contributed by atoms with Crippen molar-refractivity contribution in [3.05, 3.63) is 70.7 Å². The number of nitrogens with zero attached hydrogens (tertiary/aromatic N) is 1. The van der Waals surface area contributed by atoms with Crippen molar-refractivity contribution in [3.8, 4) is 0 Å². The highest BCUT2D eigenvalue weighted by Gasteiger charge is 2.11. The molecule has 4 rings (SSSR count). The van der Waals surface area contributed by atoms with E-state index in [1.807, 2.05) is 30.3 Å². The Balaban J connectivity index is 1.70. The third-order valence-corrected chi connectivity index (χ3v) is 5.08. The molecule has 0 atom stereocenters. The number of carbonyl (C=O) groups is 1. The molecule has 0 unspecified atom stereocenters. The van der Waals surface area contributed by atoms with Crippen LogP contribution in [0.15, 0.2) is 65.1 Å². The highest BCUT2D eigenvalue weighted by molar-refractivity contribution is 9.10. The third-order valence-electron chi connectivity index (χ3n) is 3.61. The summed E-state index contributed by atoms with van der Waals surface area (Å²) < 4.78 is 2.01. The summed E-state index contributed by atoms with van der Waals surface area (Å²) in [6.45, 7) is 0. The van der Waals surface area contributed by atoms with Crippen LogP contribution in [-0.2, 0) is 0 Å². The first-order chi connectivity index (χ1) is 11.2. The second kappa shape index (κ2) is 5.76. The predicted octanol–water partition coefficient (Wildman–Crippen LogP) is 5.46. The van der Waals surface area contributed by atoms with Gasteiger partial charge in [0.1, 0.15) is 0 Å². The molecule has 3 aromatic carbocycles. The van der Waals surface area contributed by atoms with Gasteiger partial charge in [0.05, 0.1) is 10.2 Å². The normalized spacial score (nSPS) is 11.0. The van der Waals surface area contributed by atoms with Crippen LogP contribution < -0.4 is 5.32 Å². The molecule has 0 aliphatic heterocycles. The summed E-state index contributed by atoms with van der Waals surface area (Å²) in [7, 11) is 0.